The number of ether oxygens (including phenoxy) is 1. The first kappa shape index (κ1) is 17.7. The van der Waals surface area contributed by atoms with Gasteiger partial charge in [-0.15, -0.1) is 0 Å². The number of aromatic nitrogens is 1. The predicted octanol–water partition coefficient (Wildman–Crippen LogP) is 4.19. The number of nitrogens with zero attached hydrogens (tertiary/aromatic N) is 1. The maximum atomic E-state index is 12.8. The van der Waals surface area contributed by atoms with Crippen LogP contribution in [0.1, 0.15) is 21.6 Å². The van der Waals surface area contributed by atoms with Crippen molar-refractivity contribution >= 4 is 16.8 Å². The molecule has 0 aliphatic carbocycles. The lowest BCUT2D eigenvalue weighted by Gasteiger charge is -2.11. The Morgan fingerprint density at radius 2 is 1.88 bits per heavy atom. The number of hydrogen-bond donors (Lipinski definition) is 1. The summed E-state index contributed by atoms with van der Waals surface area (Å²) in [5.41, 5.74) is 0.319. The van der Waals surface area contributed by atoms with Crippen LogP contribution in [-0.2, 0) is 12.7 Å². The van der Waals surface area contributed by atoms with E-state index in [0.29, 0.717) is 16.8 Å². The summed E-state index contributed by atoms with van der Waals surface area (Å²) in [6.07, 6.45) is -4.42. The Bertz CT molecular complexity index is 955. The Kier molecular flexibility index (Phi) is 4.79. The van der Waals surface area contributed by atoms with Crippen LogP contribution in [0.4, 0.5) is 13.2 Å². The van der Waals surface area contributed by atoms with Gasteiger partial charge in [-0.2, -0.15) is 13.2 Å². The minimum absolute atomic E-state index is 0.0421. The molecule has 134 valence electrons. The highest BCUT2D eigenvalue weighted by Gasteiger charge is 2.30. The molecule has 0 spiro atoms. The number of fused-ring (bicyclic) bond motifs is 1. The van der Waals surface area contributed by atoms with Crippen molar-refractivity contribution in [3.63, 3.8) is 0 Å². The Hall–Kier alpha value is -3.09. The first-order chi connectivity index (χ1) is 12.4. The standard InChI is InChI=1S/C19H15F3N2O2/c1-26-17-10-16(24-15-8-3-2-7-14(15)17)18(25)23-11-12-5-4-6-13(9-12)19(20,21)22/h2-10H,11H2,1H3,(H,23,25). The summed E-state index contributed by atoms with van der Waals surface area (Å²) in [5, 5.41) is 3.35. The zero-order valence-corrected chi connectivity index (χ0v) is 13.8. The quantitative estimate of drug-likeness (QED) is 0.759. The molecule has 0 aliphatic heterocycles. The van der Waals surface area contributed by atoms with Crippen molar-refractivity contribution in [1.82, 2.24) is 10.3 Å². The number of nitrogens with one attached hydrogen (secondary N) is 1. The number of benzene rings is 2. The monoisotopic (exact) mass is 360 g/mol. The number of carbonyl (C=O) groups is 1. The van der Waals surface area contributed by atoms with E-state index in [1.54, 1.807) is 12.1 Å². The summed E-state index contributed by atoms with van der Waals surface area (Å²) < 4.78 is 43.5. The molecule has 0 bridgehead atoms. The predicted molar refractivity (Wildman–Crippen MR) is 90.9 cm³/mol. The molecule has 7 heteroatoms. The average molecular weight is 360 g/mol. The topological polar surface area (TPSA) is 51.2 Å². The molecule has 26 heavy (non-hydrogen) atoms. The van der Waals surface area contributed by atoms with Gasteiger partial charge in [0.25, 0.3) is 5.91 Å². The van der Waals surface area contributed by atoms with Crippen LogP contribution < -0.4 is 10.1 Å². The molecule has 2 aromatic carbocycles. The largest absolute Gasteiger partial charge is 0.496 e. The lowest BCUT2D eigenvalue weighted by atomic mass is 10.1. The number of halogens is 3. The minimum atomic E-state index is -4.42. The van der Waals surface area contributed by atoms with E-state index in [9.17, 15) is 18.0 Å². The molecule has 3 rings (SSSR count). The molecule has 4 nitrogen and oxygen atoms in total. The number of para-hydroxylation sites is 1. The number of methoxy groups -OCH3 is 1. The van der Waals surface area contributed by atoms with E-state index in [4.69, 9.17) is 4.74 Å². The van der Waals surface area contributed by atoms with Crippen LogP contribution >= 0.6 is 0 Å². The second kappa shape index (κ2) is 7.03. The number of pyridine rings is 1. The van der Waals surface area contributed by atoms with Crippen molar-refractivity contribution in [2.45, 2.75) is 12.7 Å². The van der Waals surface area contributed by atoms with Gasteiger partial charge in [-0.25, -0.2) is 4.98 Å². The van der Waals surface area contributed by atoms with Crippen LogP contribution in [0.15, 0.2) is 54.6 Å². The highest BCUT2D eigenvalue weighted by Crippen LogP contribution is 2.29. The molecule has 0 radical (unpaired) electrons. The van der Waals surface area contributed by atoms with Crippen molar-refractivity contribution < 1.29 is 22.7 Å². The molecule has 0 saturated heterocycles. The van der Waals surface area contributed by atoms with Gasteiger partial charge in [-0.1, -0.05) is 24.3 Å². The third-order valence-electron chi connectivity index (χ3n) is 3.84. The fraction of sp³-hybridized carbons (Fsp3) is 0.158. The normalized spacial score (nSPS) is 11.4. The van der Waals surface area contributed by atoms with Crippen molar-refractivity contribution in [3.05, 3.63) is 71.4 Å². The Balaban J connectivity index is 1.80. The lowest BCUT2D eigenvalue weighted by molar-refractivity contribution is -0.137. The molecule has 3 aromatic rings. The van der Waals surface area contributed by atoms with E-state index in [1.807, 2.05) is 12.1 Å². The highest BCUT2D eigenvalue weighted by molar-refractivity contribution is 5.97. The molecule has 0 atom stereocenters. The smallest absolute Gasteiger partial charge is 0.416 e. The summed E-state index contributed by atoms with van der Waals surface area (Å²) >= 11 is 0. The van der Waals surface area contributed by atoms with Crippen LogP contribution in [0.5, 0.6) is 5.75 Å². The average Bonchev–Trinajstić information content (AvgIpc) is 2.64. The van der Waals surface area contributed by atoms with Gasteiger partial charge in [0.2, 0.25) is 0 Å². The van der Waals surface area contributed by atoms with Crippen molar-refractivity contribution in [1.29, 1.82) is 0 Å². The molecule has 0 fully saturated rings. The molecule has 0 aliphatic rings. The van der Waals surface area contributed by atoms with Crippen LogP contribution in [-0.4, -0.2) is 18.0 Å². The first-order valence-corrected chi connectivity index (χ1v) is 7.76. The zero-order valence-electron chi connectivity index (χ0n) is 13.8. The summed E-state index contributed by atoms with van der Waals surface area (Å²) in [6.45, 7) is -0.0421. The van der Waals surface area contributed by atoms with Gasteiger partial charge in [0.15, 0.2) is 0 Å². The number of rotatable bonds is 4. The van der Waals surface area contributed by atoms with Crippen LogP contribution in [0, 0.1) is 0 Å². The van der Waals surface area contributed by atoms with E-state index >= 15 is 0 Å². The van der Waals surface area contributed by atoms with Gasteiger partial charge >= 0.3 is 6.18 Å². The van der Waals surface area contributed by atoms with E-state index in [-0.39, 0.29) is 12.2 Å². The molecular weight excluding hydrogens is 345 g/mol. The van der Waals surface area contributed by atoms with Gasteiger partial charge in [-0.05, 0) is 29.8 Å². The van der Waals surface area contributed by atoms with Gasteiger partial charge in [0.1, 0.15) is 11.4 Å². The zero-order chi connectivity index (χ0) is 18.7. The third-order valence-corrected chi connectivity index (χ3v) is 3.84. The maximum absolute atomic E-state index is 12.8. The minimum Gasteiger partial charge on any atom is -0.496 e. The lowest BCUT2D eigenvalue weighted by Crippen LogP contribution is -2.24. The number of carbonyl (C=O) groups excluding carboxylic acids is 1. The van der Waals surface area contributed by atoms with Gasteiger partial charge in [-0.3, -0.25) is 4.79 Å². The molecule has 1 N–H and O–H groups in total. The first-order valence-electron chi connectivity index (χ1n) is 7.76. The van der Waals surface area contributed by atoms with Crippen LogP contribution in [0.25, 0.3) is 10.9 Å². The van der Waals surface area contributed by atoms with Crippen molar-refractivity contribution in [2.24, 2.45) is 0 Å². The Labute approximate surface area is 147 Å². The third kappa shape index (κ3) is 3.77. The summed E-state index contributed by atoms with van der Waals surface area (Å²) in [6, 6.07) is 13.5. The Morgan fingerprint density at radius 1 is 1.12 bits per heavy atom. The molecule has 1 heterocycles. The maximum Gasteiger partial charge on any atom is 0.416 e. The summed E-state index contributed by atoms with van der Waals surface area (Å²) in [7, 11) is 1.49. The van der Waals surface area contributed by atoms with E-state index in [2.05, 4.69) is 10.3 Å². The summed E-state index contributed by atoms with van der Waals surface area (Å²) in [4.78, 5) is 16.6. The fourth-order valence-electron chi connectivity index (χ4n) is 2.56. The van der Waals surface area contributed by atoms with Crippen LogP contribution in [0.2, 0.25) is 0 Å². The van der Waals surface area contributed by atoms with E-state index in [0.717, 1.165) is 17.5 Å². The van der Waals surface area contributed by atoms with Crippen LogP contribution in [0.3, 0.4) is 0 Å². The SMILES string of the molecule is COc1cc(C(=O)NCc2cccc(C(F)(F)F)c2)nc2ccccc12. The fourth-order valence-corrected chi connectivity index (χ4v) is 2.56. The number of hydrogen-bond acceptors (Lipinski definition) is 3. The molecule has 1 aromatic heterocycles. The van der Waals surface area contributed by atoms with Crippen molar-refractivity contribution in [2.75, 3.05) is 7.11 Å². The second-order valence-electron chi connectivity index (χ2n) is 5.61. The summed E-state index contributed by atoms with van der Waals surface area (Å²) in [5.74, 6) is 0.00582. The number of amides is 1. The highest BCUT2D eigenvalue weighted by atomic mass is 19.4. The van der Waals surface area contributed by atoms with Gasteiger partial charge < -0.3 is 10.1 Å². The Morgan fingerprint density at radius 3 is 2.62 bits per heavy atom. The van der Waals surface area contributed by atoms with Gasteiger partial charge in [0.05, 0.1) is 18.2 Å². The number of alkyl halides is 3. The van der Waals surface area contributed by atoms with Gasteiger partial charge in [0, 0.05) is 18.0 Å². The molecular formula is C19H15F3N2O2. The molecule has 1 amide bonds. The second-order valence-corrected chi connectivity index (χ2v) is 5.61. The van der Waals surface area contributed by atoms with E-state index in [1.165, 1.54) is 25.3 Å². The molecule has 0 saturated carbocycles. The molecule has 0 unspecified atom stereocenters. The van der Waals surface area contributed by atoms with E-state index < -0.39 is 17.6 Å². The van der Waals surface area contributed by atoms with Crippen molar-refractivity contribution in [3.8, 4) is 5.75 Å².